The molecular formula is C19H26ClN3O2. The number of benzene rings is 1. The lowest BCUT2D eigenvalue weighted by atomic mass is 10.0. The minimum atomic E-state index is -0.225. The Bertz CT molecular complexity index is 641. The second-order valence-electron chi connectivity index (χ2n) is 7.62. The Labute approximate surface area is 154 Å². The van der Waals surface area contributed by atoms with Crippen molar-refractivity contribution < 1.29 is 9.59 Å². The van der Waals surface area contributed by atoms with Crippen LogP contribution in [0.1, 0.15) is 24.8 Å². The summed E-state index contributed by atoms with van der Waals surface area (Å²) in [5.41, 5.74) is 1.04. The van der Waals surface area contributed by atoms with E-state index in [2.05, 4.69) is 5.32 Å². The van der Waals surface area contributed by atoms with Crippen molar-refractivity contribution >= 4 is 23.4 Å². The van der Waals surface area contributed by atoms with Gasteiger partial charge in [0.2, 0.25) is 11.8 Å². The first-order valence-electron chi connectivity index (χ1n) is 8.86. The van der Waals surface area contributed by atoms with Crippen LogP contribution in [-0.2, 0) is 16.0 Å². The molecule has 2 fully saturated rings. The monoisotopic (exact) mass is 363 g/mol. The third-order valence-electron chi connectivity index (χ3n) is 5.10. The quantitative estimate of drug-likeness (QED) is 0.805. The Morgan fingerprint density at radius 2 is 2.00 bits per heavy atom. The summed E-state index contributed by atoms with van der Waals surface area (Å²) in [7, 11) is 3.97. The first-order valence-corrected chi connectivity index (χ1v) is 9.24. The smallest absolute Gasteiger partial charge is 0.225 e. The van der Waals surface area contributed by atoms with Gasteiger partial charge in [0.05, 0.1) is 5.92 Å². The standard InChI is InChI=1S/C19H26ClN3O2/c1-22(2)9-10-23-13-15(11-17(23)24)18(25)21-19(7-8-19)12-14-3-5-16(20)6-4-14/h3-6,15H,7-13H2,1-2H3,(H,21,25)/t15-/m0/s1. The fourth-order valence-electron chi connectivity index (χ4n) is 3.34. The van der Waals surface area contributed by atoms with Gasteiger partial charge in [0.1, 0.15) is 0 Å². The number of carbonyl (C=O) groups excluding carboxylic acids is 2. The van der Waals surface area contributed by atoms with Gasteiger partial charge < -0.3 is 15.1 Å². The van der Waals surface area contributed by atoms with E-state index in [9.17, 15) is 9.59 Å². The van der Waals surface area contributed by atoms with Gasteiger partial charge in [-0.05, 0) is 51.1 Å². The van der Waals surface area contributed by atoms with Crippen LogP contribution in [0.25, 0.3) is 0 Å². The lowest BCUT2D eigenvalue weighted by Crippen LogP contribution is -2.43. The maximum absolute atomic E-state index is 12.7. The summed E-state index contributed by atoms with van der Waals surface area (Å²) in [6.07, 6.45) is 3.13. The summed E-state index contributed by atoms with van der Waals surface area (Å²) in [6, 6.07) is 7.79. The maximum Gasteiger partial charge on any atom is 0.225 e. The predicted octanol–water partition coefficient (Wildman–Crippen LogP) is 1.94. The molecule has 25 heavy (non-hydrogen) atoms. The third kappa shape index (κ3) is 4.73. The van der Waals surface area contributed by atoms with Crippen LogP contribution >= 0.6 is 11.6 Å². The second-order valence-corrected chi connectivity index (χ2v) is 8.05. The molecule has 1 saturated carbocycles. The molecule has 1 aromatic rings. The van der Waals surface area contributed by atoms with Crippen molar-refractivity contribution in [3.05, 3.63) is 34.9 Å². The van der Waals surface area contributed by atoms with Gasteiger partial charge >= 0.3 is 0 Å². The lowest BCUT2D eigenvalue weighted by Gasteiger charge is -2.21. The molecule has 0 bridgehead atoms. The number of rotatable bonds is 7. The molecule has 136 valence electrons. The van der Waals surface area contributed by atoms with Crippen LogP contribution in [0, 0.1) is 5.92 Å². The van der Waals surface area contributed by atoms with Gasteiger partial charge in [-0.15, -0.1) is 0 Å². The maximum atomic E-state index is 12.7. The van der Waals surface area contributed by atoms with E-state index in [1.165, 1.54) is 5.56 Å². The van der Waals surface area contributed by atoms with Crippen molar-refractivity contribution in [2.24, 2.45) is 5.92 Å². The van der Waals surface area contributed by atoms with Crippen LogP contribution in [0.3, 0.4) is 0 Å². The van der Waals surface area contributed by atoms with Crippen molar-refractivity contribution in [1.29, 1.82) is 0 Å². The normalized spacial score (nSPS) is 21.7. The number of halogens is 1. The molecular weight excluding hydrogens is 338 g/mol. The van der Waals surface area contributed by atoms with Gasteiger partial charge in [-0.1, -0.05) is 23.7 Å². The number of likely N-dealkylation sites (tertiary alicyclic amines) is 1. The molecule has 1 saturated heterocycles. The molecule has 1 aliphatic heterocycles. The molecule has 0 radical (unpaired) electrons. The molecule has 2 amide bonds. The number of hydrogen-bond donors (Lipinski definition) is 1. The van der Waals surface area contributed by atoms with Gasteiger partial charge in [-0.25, -0.2) is 0 Å². The SMILES string of the molecule is CN(C)CCN1C[C@@H](C(=O)NC2(Cc3ccc(Cl)cc3)CC2)CC1=O. The molecule has 3 rings (SSSR count). The van der Waals surface area contributed by atoms with Gasteiger partial charge in [-0.2, -0.15) is 0 Å². The summed E-state index contributed by atoms with van der Waals surface area (Å²) in [5, 5.41) is 3.94. The number of nitrogens with zero attached hydrogens (tertiary/aromatic N) is 2. The van der Waals surface area contributed by atoms with Crippen molar-refractivity contribution in [2.45, 2.75) is 31.2 Å². The Kier molecular flexibility index (Phi) is 5.35. The molecule has 0 unspecified atom stereocenters. The van der Waals surface area contributed by atoms with E-state index in [1.807, 2.05) is 48.2 Å². The summed E-state index contributed by atoms with van der Waals surface area (Å²) < 4.78 is 0. The van der Waals surface area contributed by atoms with Gasteiger partial charge in [0.25, 0.3) is 0 Å². The van der Waals surface area contributed by atoms with E-state index in [0.29, 0.717) is 19.5 Å². The van der Waals surface area contributed by atoms with Gasteiger partial charge in [-0.3, -0.25) is 9.59 Å². The molecule has 2 aliphatic rings. The lowest BCUT2D eigenvalue weighted by molar-refractivity contribution is -0.129. The van der Waals surface area contributed by atoms with E-state index >= 15 is 0 Å². The van der Waals surface area contributed by atoms with Gasteiger partial charge in [0, 0.05) is 36.6 Å². The minimum absolute atomic E-state index is 0.0205. The second kappa shape index (κ2) is 7.34. The Hall–Kier alpha value is -1.59. The molecule has 1 aromatic carbocycles. The number of hydrogen-bond acceptors (Lipinski definition) is 3. The zero-order chi connectivity index (χ0) is 18.0. The van der Waals surface area contributed by atoms with Crippen LogP contribution in [0.15, 0.2) is 24.3 Å². The van der Waals surface area contributed by atoms with E-state index in [4.69, 9.17) is 11.6 Å². The molecule has 0 aromatic heterocycles. The summed E-state index contributed by atoms with van der Waals surface area (Å²) in [6.45, 7) is 2.04. The van der Waals surface area contributed by atoms with E-state index in [0.717, 1.165) is 30.8 Å². The van der Waals surface area contributed by atoms with E-state index in [1.54, 1.807) is 0 Å². The molecule has 5 nitrogen and oxygen atoms in total. The van der Waals surface area contributed by atoms with Gasteiger partial charge in [0.15, 0.2) is 0 Å². The average molecular weight is 364 g/mol. The number of nitrogens with one attached hydrogen (secondary N) is 1. The first kappa shape index (κ1) is 18.2. The number of likely N-dealkylation sites (N-methyl/N-ethyl adjacent to an activating group) is 1. The Balaban J connectivity index is 1.53. The summed E-state index contributed by atoms with van der Waals surface area (Å²) in [5.74, 6) is -0.117. The molecule has 1 aliphatic carbocycles. The zero-order valence-electron chi connectivity index (χ0n) is 14.9. The molecule has 6 heteroatoms. The first-order chi connectivity index (χ1) is 11.9. The van der Waals surface area contributed by atoms with Crippen molar-refractivity contribution in [2.75, 3.05) is 33.7 Å². The minimum Gasteiger partial charge on any atom is -0.350 e. The van der Waals surface area contributed by atoms with E-state index < -0.39 is 0 Å². The fraction of sp³-hybridized carbons (Fsp3) is 0.579. The molecule has 1 atom stereocenters. The average Bonchev–Trinajstić information content (AvgIpc) is 3.20. The largest absolute Gasteiger partial charge is 0.350 e. The Morgan fingerprint density at radius 1 is 1.32 bits per heavy atom. The molecule has 0 spiro atoms. The van der Waals surface area contributed by atoms with E-state index in [-0.39, 0.29) is 23.3 Å². The van der Waals surface area contributed by atoms with Crippen LogP contribution in [-0.4, -0.2) is 60.9 Å². The molecule has 1 heterocycles. The highest BCUT2D eigenvalue weighted by Crippen LogP contribution is 2.39. The zero-order valence-corrected chi connectivity index (χ0v) is 15.7. The van der Waals surface area contributed by atoms with Crippen LogP contribution in [0.5, 0.6) is 0 Å². The third-order valence-corrected chi connectivity index (χ3v) is 5.35. The van der Waals surface area contributed by atoms with Crippen molar-refractivity contribution in [1.82, 2.24) is 15.1 Å². The highest BCUT2D eigenvalue weighted by Gasteiger charge is 2.46. The highest BCUT2D eigenvalue weighted by atomic mass is 35.5. The van der Waals surface area contributed by atoms with Crippen LogP contribution < -0.4 is 5.32 Å². The molecule has 1 N–H and O–H groups in total. The summed E-state index contributed by atoms with van der Waals surface area (Å²) >= 11 is 5.93. The highest BCUT2D eigenvalue weighted by molar-refractivity contribution is 6.30. The topological polar surface area (TPSA) is 52.6 Å². The van der Waals surface area contributed by atoms with Crippen molar-refractivity contribution in [3.63, 3.8) is 0 Å². The van der Waals surface area contributed by atoms with Crippen LogP contribution in [0.2, 0.25) is 5.02 Å². The Morgan fingerprint density at radius 3 is 2.60 bits per heavy atom. The summed E-state index contributed by atoms with van der Waals surface area (Å²) in [4.78, 5) is 28.6. The fourth-order valence-corrected chi connectivity index (χ4v) is 3.46. The number of carbonyl (C=O) groups is 2. The van der Waals surface area contributed by atoms with Crippen LogP contribution in [0.4, 0.5) is 0 Å². The number of amides is 2. The predicted molar refractivity (Wildman–Crippen MR) is 98.5 cm³/mol. The van der Waals surface area contributed by atoms with Crippen molar-refractivity contribution in [3.8, 4) is 0 Å².